The molecule has 0 radical (unpaired) electrons. The zero-order valence-electron chi connectivity index (χ0n) is 13.8. The van der Waals surface area contributed by atoms with Crippen molar-refractivity contribution in [2.75, 3.05) is 39.3 Å². The third-order valence-corrected chi connectivity index (χ3v) is 4.60. The van der Waals surface area contributed by atoms with Gasteiger partial charge in [0.15, 0.2) is 0 Å². The minimum atomic E-state index is 0.0866. The Kier molecular flexibility index (Phi) is 4.95. The van der Waals surface area contributed by atoms with Crippen molar-refractivity contribution >= 4 is 11.8 Å². The summed E-state index contributed by atoms with van der Waals surface area (Å²) in [5, 5.41) is 4.20. The zero-order chi connectivity index (χ0) is 16.2. The highest BCUT2D eigenvalue weighted by Gasteiger charge is 2.26. The molecule has 3 heterocycles. The van der Waals surface area contributed by atoms with E-state index in [9.17, 15) is 9.59 Å². The summed E-state index contributed by atoms with van der Waals surface area (Å²) in [5.41, 5.74) is 1.20. The van der Waals surface area contributed by atoms with Crippen LogP contribution in [0, 0.1) is 0 Å². The Morgan fingerprint density at radius 3 is 2.74 bits per heavy atom. The van der Waals surface area contributed by atoms with Crippen LogP contribution in [0.1, 0.15) is 24.8 Å². The van der Waals surface area contributed by atoms with E-state index >= 15 is 0 Å². The van der Waals surface area contributed by atoms with Gasteiger partial charge >= 0.3 is 0 Å². The van der Waals surface area contributed by atoms with Crippen LogP contribution in [0.25, 0.3) is 0 Å². The summed E-state index contributed by atoms with van der Waals surface area (Å²) in [5.74, 6) is 0.204. The first-order valence-electron chi connectivity index (χ1n) is 8.37. The number of nitrogens with zero attached hydrogens (tertiary/aromatic N) is 5. The summed E-state index contributed by atoms with van der Waals surface area (Å²) in [6.07, 6.45) is 6.37. The second kappa shape index (κ2) is 7.12. The number of aryl methyl sites for hydroxylation is 1. The standard InChI is InChI=1S/C16H25N5O2/c1-18-11-14(10-17-18)12-19-5-3-7-20(9-8-19)16(23)13-21-6-2-4-15(21)22/h10-11H,2-9,12-13H2,1H3. The van der Waals surface area contributed by atoms with E-state index in [2.05, 4.69) is 10.00 Å². The van der Waals surface area contributed by atoms with Gasteiger partial charge in [0.25, 0.3) is 0 Å². The van der Waals surface area contributed by atoms with Crippen LogP contribution >= 0.6 is 0 Å². The predicted molar refractivity (Wildman–Crippen MR) is 85.5 cm³/mol. The van der Waals surface area contributed by atoms with Gasteiger partial charge in [-0.05, 0) is 12.8 Å². The van der Waals surface area contributed by atoms with Crippen molar-refractivity contribution in [3.05, 3.63) is 18.0 Å². The molecular formula is C16H25N5O2. The number of aromatic nitrogens is 2. The lowest BCUT2D eigenvalue weighted by molar-refractivity contribution is -0.138. The minimum Gasteiger partial charge on any atom is -0.340 e. The van der Waals surface area contributed by atoms with Crippen LogP contribution in [-0.2, 0) is 23.2 Å². The van der Waals surface area contributed by atoms with E-state index in [0.717, 1.165) is 52.1 Å². The first-order chi connectivity index (χ1) is 11.1. The van der Waals surface area contributed by atoms with Gasteiger partial charge in [-0.15, -0.1) is 0 Å². The van der Waals surface area contributed by atoms with E-state index in [1.54, 1.807) is 4.90 Å². The van der Waals surface area contributed by atoms with Gasteiger partial charge in [0.2, 0.25) is 11.8 Å². The van der Waals surface area contributed by atoms with Crippen LogP contribution in [0.4, 0.5) is 0 Å². The second-order valence-corrected chi connectivity index (χ2v) is 6.45. The molecule has 7 nitrogen and oxygen atoms in total. The van der Waals surface area contributed by atoms with Crippen LogP contribution < -0.4 is 0 Å². The molecule has 0 bridgehead atoms. The van der Waals surface area contributed by atoms with E-state index in [1.165, 1.54) is 5.56 Å². The zero-order valence-corrected chi connectivity index (χ0v) is 13.8. The molecule has 1 aromatic rings. The van der Waals surface area contributed by atoms with Crippen molar-refractivity contribution in [3.8, 4) is 0 Å². The number of likely N-dealkylation sites (tertiary alicyclic amines) is 1. The van der Waals surface area contributed by atoms with Gasteiger partial charge in [-0.2, -0.15) is 5.10 Å². The Hall–Kier alpha value is -1.89. The van der Waals surface area contributed by atoms with Crippen molar-refractivity contribution in [1.29, 1.82) is 0 Å². The van der Waals surface area contributed by atoms with Crippen molar-refractivity contribution in [2.45, 2.75) is 25.8 Å². The summed E-state index contributed by atoms with van der Waals surface area (Å²) in [4.78, 5) is 30.1. The number of carbonyl (C=O) groups excluding carboxylic acids is 2. The van der Waals surface area contributed by atoms with Crippen molar-refractivity contribution < 1.29 is 9.59 Å². The first kappa shape index (κ1) is 16.0. The van der Waals surface area contributed by atoms with Crippen LogP contribution in [-0.4, -0.2) is 75.6 Å². The molecule has 126 valence electrons. The largest absolute Gasteiger partial charge is 0.340 e. The van der Waals surface area contributed by atoms with Crippen LogP contribution in [0.15, 0.2) is 12.4 Å². The molecule has 2 aliphatic heterocycles. The molecule has 0 unspecified atom stereocenters. The lowest BCUT2D eigenvalue weighted by Gasteiger charge is -2.24. The van der Waals surface area contributed by atoms with Crippen molar-refractivity contribution in [1.82, 2.24) is 24.5 Å². The Morgan fingerprint density at radius 1 is 1.17 bits per heavy atom. The Bertz CT molecular complexity index is 571. The SMILES string of the molecule is Cn1cc(CN2CCCN(C(=O)CN3CCCC3=O)CC2)cn1. The number of carbonyl (C=O) groups is 2. The highest BCUT2D eigenvalue weighted by molar-refractivity contribution is 5.85. The monoisotopic (exact) mass is 319 g/mol. The summed E-state index contributed by atoms with van der Waals surface area (Å²) in [6, 6.07) is 0. The van der Waals surface area contributed by atoms with Gasteiger partial charge in [0.1, 0.15) is 0 Å². The van der Waals surface area contributed by atoms with Gasteiger partial charge in [0, 0.05) is 64.5 Å². The molecule has 0 aliphatic carbocycles. The summed E-state index contributed by atoms with van der Waals surface area (Å²) in [6.45, 7) is 5.23. The number of hydrogen-bond acceptors (Lipinski definition) is 4. The van der Waals surface area contributed by atoms with Crippen LogP contribution in [0.3, 0.4) is 0 Å². The summed E-state index contributed by atoms with van der Waals surface area (Å²) in [7, 11) is 1.92. The fraction of sp³-hybridized carbons (Fsp3) is 0.688. The lowest BCUT2D eigenvalue weighted by atomic mass is 10.3. The van der Waals surface area contributed by atoms with Crippen LogP contribution in [0.5, 0.6) is 0 Å². The fourth-order valence-electron chi connectivity index (χ4n) is 3.32. The average molecular weight is 319 g/mol. The normalized spacial score (nSPS) is 20.1. The smallest absolute Gasteiger partial charge is 0.242 e. The highest BCUT2D eigenvalue weighted by atomic mass is 16.2. The van der Waals surface area contributed by atoms with E-state index in [1.807, 2.05) is 29.0 Å². The number of amides is 2. The lowest BCUT2D eigenvalue weighted by Crippen LogP contribution is -2.42. The molecule has 1 aromatic heterocycles. The molecule has 0 atom stereocenters. The fourth-order valence-corrected chi connectivity index (χ4v) is 3.32. The molecule has 0 aromatic carbocycles. The molecule has 0 saturated carbocycles. The first-order valence-corrected chi connectivity index (χ1v) is 8.37. The summed E-state index contributed by atoms with van der Waals surface area (Å²) < 4.78 is 1.82. The molecular weight excluding hydrogens is 294 g/mol. The third-order valence-electron chi connectivity index (χ3n) is 4.60. The minimum absolute atomic E-state index is 0.0866. The molecule has 7 heteroatoms. The van der Waals surface area contributed by atoms with Crippen molar-refractivity contribution in [2.24, 2.45) is 7.05 Å². The van der Waals surface area contributed by atoms with Gasteiger partial charge in [-0.3, -0.25) is 19.2 Å². The molecule has 0 N–H and O–H groups in total. The molecule has 0 spiro atoms. The van der Waals surface area contributed by atoms with E-state index in [0.29, 0.717) is 6.42 Å². The highest BCUT2D eigenvalue weighted by Crippen LogP contribution is 2.12. The molecule has 2 aliphatic rings. The molecule has 2 amide bonds. The van der Waals surface area contributed by atoms with Gasteiger partial charge < -0.3 is 9.80 Å². The van der Waals surface area contributed by atoms with Gasteiger partial charge in [-0.1, -0.05) is 0 Å². The third kappa shape index (κ3) is 4.10. The average Bonchev–Trinajstić information content (AvgIpc) is 3.02. The maximum absolute atomic E-state index is 12.4. The van der Waals surface area contributed by atoms with E-state index in [-0.39, 0.29) is 18.4 Å². The Morgan fingerprint density at radius 2 is 2.04 bits per heavy atom. The Labute approximate surface area is 136 Å². The number of rotatable bonds is 4. The quantitative estimate of drug-likeness (QED) is 0.788. The maximum Gasteiger partial charge on any atom is 0.242 e. The van der Waals surface area contributed by atoms with Crippen molar-refractivity contribution in [3.63, 3.8) is 0 Å². The molecule has 2 saturated heterocycles. The second-order valence-electron chi connectivity index (χ2n) is 6.45. The van der Waals surface area contributed by atoms with Gasteiger partial charge in [-0.25, -0.2) is 0 Å². The summed E-state index contributed by atoms with van der Waals surface area (Å²) >= 11 is 0. The molecule has 3 rings (SSSR count). The topological polar surface area (TPSA) is 61.7 Å². The Balaban J connectivity index is 1.49. The number of hydrogen-bond donors (Lipinski definition) is 0. The van der Waals surface area contributed by atoms with E-state index in [4.69, 9.17) is 0 Å². The van der Waals surface area contributed by atoms with E-state index < -0.39 is 0 Å². The van der Waals surface area contributed by atoms with Crippen LogP contribution in [0.2, 0.25) is 0 Å². The molecule has 2 fully saturated rings. The van der Waals surface area contributed by atoms with Gasteiger partial charge in [0.05, 0.1) is 12.7 Å². The molecule has 23 heavy (non-hydrogen) atoms. The predicted octanol–water partition coefficient (Wildman–Crippen LogP) is 0.0768. The maximum atomic E-state index is 12.4.